The predicted octanol–water partition coefficient (Wildman–Crippen LogP) is 2.24. The van der Waals surface area contributed by atoms with Gasteiger partial charge in [0.15, 0.2) is 0 Å². The van der Waals surface area contributed by atoms with E-state index in [4.69, 9.17) is 4.74 Å². The molecule has 2 fully saturated rings. The van der Waals surface area contributed by atoms with E-state index in [0.29, 0.717) is 51.5 Å². The van der Waals surface area contributed by atoms with Gasteiger partial charge in [-0.05, 0) is 37.5 Å². The number of aryl methyl sites for hydroxylation is 1. The Bertz CT molecular complexity index is 933. The van der Waals surface area contributed by atoms with Crippen molar-refractivity contribution in [2.24, 2.45) is 11.3 Å². The smallest absolute Gasteiger partial charge is 0.243 e. The van der Waals surface area contributed by atoms with Crippen molar-refractivity contribution in [3.05, 3.63) is 23.8 Å². The first kappa shape index (κ1) is 23.7. The second kappa shape index (κ2) is 9.26. The molecule has 0 aromatic heterocycles. The van der Waals surface area contributed by atoms with Crippen molar-refractivity contribution in [2.45, 2.75) is 45.4 Å². The highest BCUT2D eigenvalue weighted by molar-refractivity contribution is 7.89. The summed E-state index contributed by atoms with van der Waals surface area (Å²) in [6, 6.07) is 4.80. The second-order valence-corrected chi connectivity index (χ2v) is 11.3. The Hall–Kier alpha value is -1.97. The Morgan fingerprint density at radius 2 is 1.81 bits per heavy atom. The Kier molecular flexibility index (Phi) is 7.08. The van der Waals surface area contributed by atoms with Crippen LogP contribution >= 0.6 is 0 Å². The molecule has 0 saturated carbocycles. The molecule has 2 saturated heterocycles. The summed E-state index contributed by atoms with van der Waals surface area (Å²) in [5, 5.41) is 2.91. The Morgan fingerprint density at radius 3 is 2.45 bits per heavy atom. The topological polar surface area (TPSA) is 96.0 Å². The molecule has 1 aromatic rings. The molecule has 9 heteroatoms. The van der Waals surface area contributed by atoms with Crippen LogP contribution in [0.4, 0.5) is 5.69 Å². The van der Waals surface area contributed by atoms with Crippen LogP contribution in [-0.2, 0) is 24.3 Å². The van der Waals surface area contributed by atoms with Crippen LogP contribution in [0.25, 0.3) is 0 Å². The average Bonchev–Trinajstić information content (AvgIpc) is 2.74. The van der Waals surface area contributed by atoms with Gasteiger partial charge in [0.1, 0.15) is 0 Å². The van der Waals surface area contributed by atoms with E-state index in [0.717, 1.165) is 12.0 Å². The summed E-state index contributed by atoms with van der Waals surface area (Å²) in [7, 11) is -3.65. The fourth-order valence-electron chi connectivity index (χ4n) is 3.92. The summed E-state index contributed by atoms with van der Waals surface area (Å²) in [5.41, 5.74) is 0.781. The SMILES string of the molecule is Cc1ccc(S(=O)(=O)N2CCOCC2)cc1NC(=O)C1CCCN(C(=O)C(C)(C)C)C1. The minimum absolute atomic E-state index is 0.0415. The lowest BCUT2D eigenvalue weighted by Gasteiger charge is -2.36. The highest BCUT2D eigenvalue weighted by Crippen LogP contribution is 2.27. The van der Waals surface area contributed by atoms with E-state index in [9.17, 15) is 18.0 Å². The van der Waals surface area contributed by atoms with Crippen LogP contribution in [0.15, 0.2) is 23.1 Å². The molecular weight excluding hydrogens is 418 g/mol. The van der Waals surface area contributed by atoms with E-state index in [1.165, 1.54) is 10.4 Å². The molecule has 2 aliphatic heterocycles. The van der Waals surface area contributed by atoms with Gasteiger partial charge in [0.05, 0.1) is 24.0 Å². The number of carbonyl (C=O) groups is 2. The molecule has 8 nitrogen and oxygen atoms in total. The Morgan fingerprint density at radius 1 is 1.13 bits per heavy atom. The van der Waals surface area contributed by atoms with Gasteiger partial charge in [0.25, 0.3) is 0 Å². The zero-order valence-corrected chi connectivity index (χ0v) is 19.6. The molecule has 3 rings (SSSR count). The molecule has 2 aliphatic rings. The summed E-state index contributed by atoms with van der Waals surface area (Å²) in [6.45, 7) is 9.89. The lowest BCUT2D eigenvalue weighted by molar-refractivity contribution is -0.142. The fraction of sp³-hybridized carbons (Fsp3) is 0.636. The molecule has 1 atom stereocenters. The monoisotopic (exact) mass is 451 g/mol. The van der Waals surface area contributed by atoms with E-state index in [1.807, 2.05) is 27.7 Å². The molecule has 2 heterocycles. The number of morpholine rings is 1. The number of hydrogen-bond donors (Lipinski definition) is 1. The molecule has 0 radical (unpaired) electrons. The van der Waals surface area contributed by atoms with Crippen LogP contribution in [0.1, 0.15) is 39.2 Å². The third-order valence-corrected chi connectivity index (χ3v) is 7.69. The van der Waals surface area contributed by atoms with Crippen LogP contribution in [0.5, 0.6) is 0 Å². The van der Waals surface area contributed by atoms with E-state index in [2.05, 4.69) is 5.32 Å². The average molecular weight is 452 g/mol. The highest BCUT2D eigenvalue weighted by atomic mass is 32.2. The van der Waals surface area contributed by atoms with E-state index < -0.39 is 15.4 Å². The summed E-state index contributed by atoms with van der Waals surface area (Å²) in [6.07, 6.45) is 1.47. The first-order valence-corrected chi connectivity index (χ1v) is 12.2. The maximum atomic E-state index is 13.0. The number of benzene rings is 1. The van der Waals surface area contributed by atoms with Crippen LogP contribution in [0.2, 0.25) is 0 Å². The number of likely N-dealkylation sites (tertiary alicyclic amines) is 1. The van der Waals surface area contributed by atoms with Crippen molar-refractivity contribution in [1.82, 2.24) is 9.21 Å². The minimum atomic E-state index is -3.65. The molecule has 1 N–H and O–H groups in total. The number of sulfonamides is 1. The normalized spacial score (nSPS) is 21.0. The fourth-order valence-corrected chi connectivity index (χ4v) is 5.35. The molecule has 1 unspecified atom stereocenters. The molecule has 0 bridgehead atoms. The van der Waals surface area contributed by atoms with Gasteiger partial charge in [-0.2, -0.15) is 4.31 Å². The van der Waals surface area contributed by atoms with Crippen LogP contribution < -0.4 is 5.32 Å². The number of carbonyl (C=O) groups excluding carboxylic acids is 2. The third-order valence-electron chi connectivity index (χ3n) is 5.80. The van der Waals surface area contributed by atoms with Crippen molar-refractivity contribution in [1.29, 1.82) is 0 Å². The van der Waals surface area contributed by atoms with E-state index in [-0.39, 0.29) is 22.6 Å². The quantitative estimate of drug-likeness (QED) is 0.757. The van der Waals surface area contributed by atoms with Gasteiger partial charge in [0, 0.05) is 37.3 Å². The number of nitrogens with one attached hydrogen (secondary N) is 1. The van der Waals surface area contributed by atoms with Crippen LogP contribution in [-0.4, -0.2) is 68.8 Å². The van der Waals surface area contributed by atoms with Gasteiger partial charge < -0.3 is 15.0 Å². The van der Waals surface area contributed by atoms with Gasteiger partial charge in [-0.1, -0.05) is 26.8 Å². The second-order valence-electron chi connectivity index (χ2n) is 9.32. The number of hydrogen-bond acceptors (Lipinski definition) is 5. The number of amides is 2. The zero-order valence-electron chi connectivity index (χ0n) is 18.8. The summed E-state index contributed by atoms with van der Waals surface area (Å²) in [5.74, 6) is -0.464. The third kappa shape index (κ3) is 5.45. The zero-order chi connectivity index (χ0) is 22.8. The van der Waals surface area contributed by atoms with Crippen LogP contribution in [0, 0.1) is 18.3 Å². The first-order valence-electron chi connectivity index (χ1n) is 10.8. The lowest BCUT2D eigenvalue weighted by Crippen LogP contribution is -2.47. The van der Waals surface area contributed by atoms with Crippen LogP contribution in [0.3, 0.4) is 0 Å². The van der Waals surface area contributed by atoms with Gasteiger partial charge in [-0.3, -0.25) is 9.59 Å². The van der Waals surface area contributed by atoms with Gasteiger partial charge in [0.2, 0.25) is 21.8 Å². The highest BCUT2D eigenvalue weighted by Gasteiger charge is 2.34. The number of piperidine rings is 1. The number of anilines is 1. The van der Waals surface area contributed by atoms with Gasteiger partial charge in [-0.25, -0.2) is 8.42 Å². The van der Waals surface area contributed by atoms with Crippen molar-refractivity contribution in [3.8, 4) is 0 Å². The molecule has 0 aliphatic carbocycles. The summed E-state index contributed by atoms with van der Waals surface area (Å²) < 4.78 is 32.6. The van der Waals surface area contributed by atoms with Gasteiger partial charge in [-0.15, -0.1) is 0 Å². The van der Waals surface area contributed by atoms with E-state index in [1.54, 1.807) is 17.0 Å². The summed E-state index contributed by atoms with van der Waals surface area (Å²) >= 11 is 0. The maximum absolute atomic E-state index is 13.0. The molecule has 0 spiro atoms. The summed E-state index contributed by atoms with van der Waals surface area (Å²) in [4.78, 5) is 27.5. The Labute approximate surface area is 185 Å². The van der Waals surface area contributed by atoms with Crippen molar-refractivity contribution < 1.29 is 22.7 Å². The molecule has 2 amide bonds. The van der Waals surface area contributed by atoms with Crippen molar-refractivity contribution >= 4 is 27.5 Å². The number of rotatable bonds is 4. The van der Waals surface area contributed by atoms with Crippen molar-refractivity contribution in [2.75, 3.05) is 44.7 Å². The molecule has 1 aromatic carbocycles. The Balaban J connectivity index is 1.74. The number of ether oxygens (including phenoxy) is 1. The molecule has 172 valence electrons. The molecule has 31 heavy (non-hydrogen) atoms. The maximum Gasteiger partial charge on any atom is 0.243 e. The lowest BCUT2D eigenvalue weighted by atomic mass is 9.91. The standard InChI is InChI=1S/C22H33N3O5S/c1-16-7-8-18(31(28,29)25-10-12-30-13-11-25)14-19(16)23-20(26)17-6-5-9-24(15-17)21(27)22(2,3)4/h7-8,14,17H,5-6,9-13,15H2,1-4H3,(H,23,26). The molecular formula is C22H33N3O5S. The van der Waals surface area contributed by atoms with Crippen molar-refractivity contribution in [3.63, 3.8) is 0 Å². The van der Waals surface area contributed by atoms with E-state index >= 15 is 0 Å². The number of nitrogens with zero attached hydrogens (tertiary/aromatic N) is 2. The predicted molar refractivity (Wildman–Crippen MR) is 118 cm³/mol. The minimum Gasteiger partial charge on any atom is -0.379 e. The largest absolute Gasteiger partial charge is 0.379 e. The van der Waals surface area contributed by atoms with Gasteiger partial charge >= 0.3 is 0 Å². The first-order chi connectivity index (χ1) is 14.5.